The zero-order chi connectivity index (χ0) is 22.0. The third-order valence-electron chi connectivity index (χ3n) is 5.03. The molecule has 4 aromatic rings. The molecular weight excluding hydrogens is 409 g/mol. The molecule has 0 fully saturated rings. The van der Waals surface area contributed by atoms with Crippen LogP contribution < -0.4 is 4.74 Å². The van der Waals surface area contributed by atoms with Gasteiger partial charge in [-0.2, -0.15) is 13.2 Å². The van der Waals surface area contributed by atoms with Crippen LogP contribution >= 0.6 is 0 Å². The van der Waals surface area contributed by atoms with Crippen molar-refractivity contribution < 1.29 is 27.2 Å². The van der Waals surface area contributed by atoms with Gasteiger partial charge >= 0.3 is 6.18 Å². The summed E-state index contributed by atoms with van der Waals surface area (Å²) in [5.74, 6) is 1.05. The highest BCUT2D eigenvalue weighted by molar-refractivity contribution is 5.81. The van der Waals surface area contributed by atoms with Crippen LogP contribution in [0.2, 0.25) is 0 Å². The van der Waals surface area contributed by atoms with E-state index < -0.39 is 11.7 Å². The minimum atomic E-state index is -4.40. The van der Waals surface area contributed by atoms with Crippen molar-refractivity contribution in [3.8, 4) is 17.1 Å². The van der Waals surface area contributed by atoms with Gasteiger partial charge < -0.3 is 18.6 Å². The van der Waals surface area contributed by atoms with Gasteiger partial charge in [0, 0.05) is 31.5 Å². The first kappa shape index (κ1) is 21.0. The van der Waals surface area contributed by atoms with Crippen molar-refractivity contribution >= 4 is 10.9 Å². The quantitative estimate of drug-likeness (QED) is 0.363. The van der Waals surface area contributed by atoms with E-state index in [1.807, 2.05) is 49.0 Å². The third kappa shape index (κ3) is 4.44. The predicted octanol–water partition coefficient (Wildman–Crippen LogP) is 5.97. The van der Waals surface area contributed by atoms with Gasteiger partial charge in [-0.3, -0.25) is 0 Å². The summed E-state index contributed by atoms with van der Waals surface area (Å²) in [6, 6.07) is 12.6. The topological polar surface area (TPSA) is 49.4 Å². The first-order chi connectivity index (χ1) is 14.9. The molecule has 31 heavy (non-hydrogen) atoms. The molecule has 0 saturated heterocycles. The van der Waals surface area contributed by atoms with Gasteiger partial charge in [0.15, 0.2) is 5.76 Å². The number of aromatic nitrogens is 2. The van der Waals surface area contributed by atoms with Crippen LogP contribution in [0.4, 0.5) is 13.2 Å². The number of aryl methyl sites for hydroxylation is 1. The Kier molecular flexibility index (Phi) is 5.73. The molecule has 0 atom stereocenters. The molecule has 5 nitrogen and oxygen atoms in total. The van der Waals surface area contributed by atoms with Crippen LogP contribution in [0.15, 0.2) is 59.3 Å². The monoisotopic (exact) mass is 430 g/mol. The van der Waals surface area contributed by atoms with Gasteiger partial charge in [0.05, 0.1) is 23.3 Å². The second-order valence-corrected chi connectivity index (χ2v) is 7.09. The van der Waals surface area contributed by atoms with E-state index in [4.69, 9.17) is 14.0 Å². The lowest BCUT2D eigenvalue weighted by molar-refractivity contribution is -0.137. The molecule has 0 unspecified atom stereocenters. The number of halogens is 3. The predicted molar refractivity (Wildman–Crippen MR) is 110 cm³/mol. The Morgan fingerprint density at radius 2 is 1.81 bits per heavy atom. The number of nitrogens with zero attached hydrogens (tertiary/aromatic N) is 2. The Balaban J connectivity index is 1.58. The Labute approximate surface area is 177 Å². The van der Waals surface area contributed by atoms with Gasteiger partial charge in [0.2, 0.25) is 0 Å². The summed E-state index contributed by atoms with van der Waals surface area (Å²) >= 11 is 0. The Bertz CT molecular complexity index is 1180. The van der Waals surface area contributed by atoms with Crippen molar-refractivity contribution in [2.75, 3.05) is 6.61 Å². The van der Waals surface area contributed by atoms with Crippen molar-refractivity contribution in [3.05, 3.63) is 71.5 Å². The molecule has 0 bridgehead atoms. The van der Waals surface area contributed by atoms with Gasteiger partial charge in [-0.25, -0.2) is 0 Å². The van der Waals surface area contributed by atoms with E-state index in [0.717, 1.165) is 23.0 Å². The first-order valence-corrected chi connectivity index (χ1v) is 9.77. The molecule has 0 N–H and O–H groups in total. The van der Waals surface area contributed by atoms with Crippen molar-refractivity contribution in [2.45, 2.75) is 26.3 Å². The van der Waals surface area contributed by atoms with Gasteiger partial charge in [-0.05, 0) is 42.6 Å². The largest absolute Gasteiger partial charge is 0.487 e. The van der Waals surface area contributed by atoms with Gasteiger partial charge in [-0.15, -0.1) is 0 Å². The fourth-order valence-corrected chi connectivity index (χ4v) is 3.33. The summed E-state index contributed by atoms with van der Waals surface area (Å²) in [6.07, 6.45) is -2.42. The van der Waals surface area contributed by atoms with E-state index >= 15 is 0 Å². The van der Waals surface area contributed by atoms with E-state index in [1.54, 1.807) is 0 Å². The van der Waals surface area contributed by atoms with Crippen LogP contribution in [-0.2, 0) is 31.2 Å². The summed E-state index contributed by atoms with van der Waals surface area (Å²) in [6.45, 7) is 2.69. The summed E-state index contributed by atoms with van der Waals surface area (Å²) in [5, 5.41) is 5.20. The SMILES string of the molecule is CCOCc1c(COc2ccc3ccn(C)c3c2)noc1-c1ccc(C(F)(F)F)cc1. The lowest BCUT2D eigenvalue weighted by Crippen LogP contribution is -2.04. The average molecular weight is 430 g/mol. The molecule has 2 aromatic heterocycles. The van der Waals surface area contributed by atoms with E-state index in [0.29, 0.717) is 34.9 Å². The second-order valence-electron chi connectivity index (χ2n) is 7.09. The highest BCUT2D eigenvalue weighted by Gasteiger charge is 2.30. The molecule has 0 aliphatic carbocycles. The maximum absolute atomic E-state index is 12.9. The van der Waals surface area contributed by atoms with Crippen LogP contribution in [0, 0.1) is 0 Å². The van der Waals surface area contributed by atoms with Crippen molar-refractivity contribution in [1.29, 1.82) is 0 Å². The standard InChI is InChI=1S/C23H21F3N2O3/c1-3-29-13-19-20(14-30-18-9-6-15-10-11-28(2)21(15)12-18)27-31-22(19)16-4-7-17(8-5-16)23(24,25)26/h4-12H,3,13-14H2,1-2H3. The Morgan fingerprint density at radius 1 is 1.03 bits per heavy atom. The number of ether oxygens (including phenoxy) is 2. The molecule has 2 aromatic carbocycles. The normalized spacial score (nSPS) is 11.9. The van der Waals surface area contributed by atoms with E-state index in [1.165, 1.54) is 12.1 Å². The first-order valence-electron chi connectivity index (χ1n) is 9.77. The number of alkyl halides is 3. The smallest absolute Gasteiger partial charge is 0.416 e. The molecular formula is C23H21F3N2O3. The fraction of sp³-hybridized carbons (Fsp3) is 0.261. The minimum Gasteiger partial charge on any atom is -0.487 e. The molecule has 8 heteroatoms. The molecule has 0 saturated carbocycles. The highest BCUT2D eigenvalue weighted by atomic mass is 19.4. The van der Waals surface area contributed by atoms with Gasteiger partial charge in [-0.1, -0.05) is 17.3 Å². The van der Waals surface area contributed by atoms with E-state index in [-0.39, 0.29) is 13.2 Å². The van der Waals surface area contributed by atoms with Crippen molar-refractivity contribution in [1.82, 2.24) is 9.72 Å². The van der Waals surface area contributed by atoms with Crippen molar-refractivity contribution in [2.24, 2.45) is 7.05 Å². The van der Waals surface area contributed by atoms with Crippen LogP contribution in [0.1, 0.15) is 23.7 Å². The number of benzene rings is 2. The van der Waals surface area contributed by atoms with Crippen LogP contribution in [-0.4, -0.2) is 16.3 Å². The summed E-state index contributed by atoms with van der Waals surface area (Å²) in [4.78, 5) is 0. The molecule has 0 radical (unpaired) electrons. The number of hydrogen-bond donors (Lipinski definition) is 0. The maximum Gasteiger partial charge on any atom is 0.416 e. The van der Waals surface area contributed by atoms with E-state index in [9.17, 15) is 13.2 Å². The van der Waals surface area contributed by atoms with Crippen LogP contribution in [0.3, 0.4) is 0 Å². The lowest BCUT2D eigenvalue weighted by Gasteiger charge is -2.09. The molecule has 0 aliphatic heterocycles. The molecule has 0 spiro atoms. The molecule has 162 valence electrons. The fourth-order valence-electron chi connectivity index (χ4n) is 3.33. The summed E-state index contributed by atoms with van der Waals surface area (Å²) < 4.78 is 57.5. The van der Waals surface area contributed by atoms with Gasteiger partial charge in [0.25, 0.3) is 0 Å². The number of hydrogen-bond acceptors (Lipinski definition) is 4. The average Bonchev–Trinajstić information content (AvgIpc) is 3.33. The summed E-state index contributed by atoms with van der Waals surface area (Å²) in [5.41, 5.74) is 2.00. The number of fused-ring (bicyclic) bond motifs is 1. The van der Waals surface area contributed by atoms with Crippen LogP contribution in [0.5, 0.6) is 5.75 Å². The Morgan fingerprint density at radius 3 is 2.52 bits per heavy atom. The molecule has 0 amide bonds. The lowest BCUT2D eigenvalue weighted by atomic mass is 10.1. The zero-order valence-corrected chi connectivity index (χ0v) is 17.1. The molecule has 2 heterocycles. The van der Waals surface area contributed by atoms with Crippen molar-refractivity contribution in [3.63, 3.8) is 0 Å². The number of rotatable bonds is 7. The van der Waals surface area contributed by atoms with Crippen LogP contribution in [0.25, 0.3) is 22.2 Å². The second kappa shape index (κ2) is 8.47. The zero-order valence-electron chi connectivity index (χ0n) is 17.1. The summed E-state index contributed by atoms with van der Waals surface area (Å²) in [7, 11) is 1.96. The minimum absolute atomic E-state index is 0.141. The highest BCUT2D eigenvalue weighted by Crippen LogP contribution is 2.33. The maximum atomic E-state index is 12.9. The molecule has 0 aliphatic rings. The Hall–Kier alpha value is -3.26. The molecule has 4 rings (SSSR count). The third-order valence-corrected chi connectivity index (χ3v) is 5.03. The van der Waals surface area contributed by atoms with E-state index in [2.05, 4.69) is 5.16 Å². The van der Waals surface area contributed by atoms with Gasteiger partial charge in [0.1, 0.15) is 18.1 Å².